The molecule has 0 N–H and O–H groups in total. The van der Waals surface area contributed by atoms with Gasteiger partial charge in [0.05, 0.1) is 5.54 Å². The molecule has 4 unspecified atom stereocenters. The van der Waals surface area contributed by atoms with Crippen molar-refractivity contribution in [2.75, 3.05) is 4.90 Å². The Balaban J connectivity index is 0.821. The maximum Gasteiger partial charge on any atom is 0.0627 e. The van der Waals surface area contributed by atoms with Crippen LogP contribution < -0.4 is 4.90 Å². The molecule has 13 aromatic rings. The SMILES string of the molecule is CCC(C)(CC(C)C(Cc1cc2ccccc2c2ccccc12)c1cc2ccccc2c2ccccc12)c1ccc2c(c1)C(C)(C)c1cc(C(C)(CC)N(Cc3cc4ccccc4c4c3C=CCC4)c3cc4ccccc4c4ccccc34)ccc1-2. The van der Waals surface area contributed by atoms with Crippen LogP contribution in [0.25, 0.3) is 92.6 Å². The van der Waals surface area contributed by atoms with Crippen molar-refractivity contribution in [1.82, 2.24) is 0 Å². The molecule has 2 aliphatic rings. The summed E-state index contributed by atoms with van der Waals surface area (Å²) >= 11 is 0. The zero-order valence-corrected chi connectivity index (χ0v) is 51.1. The molecule has 0 saturated heterocycles. The van der Waals surface area contributed by atoms with Gasteiger partial charge in [0.25, 0.3) is 0 Å². The van der Waals surface area contributed by atoms with Crippen molar-refractivity contribution in [3.8, 4) is 11.1 Å². The van der Waals surface area contributed by atoms with Gasteiger partial charge in [0.15, 0.2) is 0 Å². The Bertz CT molecular complexity index is 4880. The van der Waals surface area contributed by atoms with Gasteiger partial charge in [-0.15, -0.1) is 0 Å². The van der Waals surface area contributed by atoms with Crippen molar-refractivity contribution in [3.05, 3.63) is 287 Å². The first-order valence-electron chi connectivity index (χ1n) is 31.9. The molecule has 0 aliphatic heterocycles. The molecule has 15 rings (SSSR count). The molecule has 0 radical (unpaired) electrons. The molecule has 0 heterocycles. The van der Waals surface area contributed by atoms with Gasteiger partial charge < -0.3 is 4.90 Å². The summed E-state index contributed by atoms with van der Waals surface area (Å²) < 4.78 is 0. The van der Waals surface area contributed by atoms with E-state index in [1.807, 2.05) is 0 Å². The summed E-state index contributed by atoms with van der Waals surface area (Å²) in [6.45, 7) is 18.3. The maximum atomic E-state index is 2.80. The van der Waals surface area contributed by atoms with Gasteiger partial charge in [0.2, 0.25) is 0 Å². The number of hydrogen-bond donors (Lipinski definition) is 0. The quantitative estimate of drug-likeness (QED) is 0.0981. The van der Waals surface area contributed by atoms with Gasteiger partial charge >= 0.3 is 0 Å². The van der Waals surface area contributed by atoms with Crippen LogP contribution in [-0.4, -0.2) is 0 Å². The third kappa shape index (κ3) is 8.70. The van der Waals surface area contributed by atoms with Crippen LogP contribution >= 0.6 is 0 Å². The lowest BCUT2D eigenvalue weighted by molar-refractivity contribution is 0.305. The van der Waals surface area contributed by atoms with Crippen molar-refractivity contribution < 1.29 is 0 Å². The number of benzene rings is 13. The van der Waals surface area contributed by atoms with E-state index in [9.17, 15) is 0 Å². The fraction of sp³-hybridized carbons (Fsp3) is 0.224. The van der Waals surface area contributed by atoms with Crippen molar-refractivity contribution in [3.63, 3.8) is 0 Å². The summed E-state index contributed by atoms with van der Waals surface area (Å²) in [7, 11) is 0. The van der Waals surface area contributed by atoms with E-state index in [4.69, 9.17) is 0 Å². The van der Waals surface area contributed by atoms with E-state index < -0.39 is 0 Å². The van der Waals surface area contributed by atoms with Gasteiger partial charge in [-0.2, -0.15) is 0 Å². The zero-order valence-electron chi connectivity index (χ0n) is 51.1. The van der Waals surface area contributed by atoms with Crippen molar-refractivity contribution >= 4 is 87.2 Å². The number of rotatable bonds is 14. The van der Waals surface area contributed by atoms with Crippen LogP contribution in [0.5, 0.6) is 0 Å². The summed E-state index contributed by atoms with van der Waals surface area (Å²) in [6.07, 6.45) is 10.9. The van der Waals surface area contributed by atoms with Crippen LogP contribution in [0, 0.1) is 5.92 Å². The van der Waals surface area contributed by atoms with Gasteiger partial charge in [-0.3, -0.25) is 0 Å². The van der Waals surface area contributed by atoms with Gasteiger partial charge in [-0.1, -0.05) is 272 Å². The maximum absolute atomic E-state index is 2.80. The van der Waals surface area contributed by atoms with Crippen LogP contribution in [0.4, 0.5) is 5.69 Å². The fourth-order valence-corrected chi connectivity index (χ4v) is 16.4. The third-order valence-electron chi connectivity index (χ3n) is 21.5. The van der Waals surface area contributed by atoms with Crippen LogP contribution in [0.2, 0.25) is 0 Å². The highest BCUT2D eigenvalue weighted by Crippen LogP contribution is 2.54. The lowest BCUT2D eigenvalue weighted by atomic mass is 9.67. The molecule has 0 spiro atoms. The molecular formula is C85H77N. The summed E-state index contributed by atoms with van der Waals surface area (Å²) in [6, 6.07) is 88.8. The molecule has 0 bridgehead atoms. The molecule has 0 fully saturated rings. The molecule has 422 valence electrons. The summed E-state index contributed by atoms with van der Waals surface area (Å²) in [5, 5.41) is 18.6. The highest BCUT2D eigenvalue weighted by molar-refractivity contribution is 6.14. The lowest BCUT2D eigenvalue weighted by Crippen LogP contribution is -2.44. The van der Waals surface area contributed by atoms with Crippen molar-refractivity contribution in [1.29, 1.82) is 0 Å². The highest BCUT2D eigenvalue weighted by atomic mass is 15.2. The van der Waals surface area contributed by atoms with Crippen LogP contribution in [0.1, 0.15) is 130 Å². The minimum absolute atomic E-state index is 0.0815. The Kier molecular flexibility index (Phi) is 13.2. The molecule has 86 heavy (non-hydrogen) atoms. The Morgan fingerprint density at radius 3 is 1.56 bits per heavy atom. The van der Waals surface area contributed by atoms with E-state index in [0.29, 0.717) is 5.92 Å². The molecule has 0 aromatic heterocycles. The van der Waals surface area contributed by atoms with Gasteiger partial charge in [0.1, 0.15) is 0 Å². The van der Waals surface area contributed by atoms with E-state index in [2.05, 4.69) is 296 Å². The number of allylic oxidation sites excluding steroid dienone is 1. The van der Waals surface area contributed by atoms with Crippen LogP contribution in [0.3, 0.4) is 0 Å². The lowest BCUT2D eigenvalue weighted by Gasteiger charge is -2.45. The minimum atomic E-state index is -0.379. The van der Waals surface area contributed by atoms with E-state index in [-0.39, 0.29) is 22.3 Å². The van der Waals surface area contributed by atoms with E-state index in [1.165, 1.54) is 142 Å². The average molecular weight is 1110 g/mol. The normalized spacial score (nSPS) is 15.7. The molecule has 2 aliphatic carbocycles. The van der Waals surface area contributed by atoms with Gasteiger partial charge in [-0.05, 0) is 206 Å². The van der Waals surface area contributed by atoms with Crippen LogP contribution in [-0.2, 0) is 35.8 Å². The molecular weight excluding hydrogens is 1030 g/mol. The van der Waals surface area contributed by atoms with E-state index in [0.717, 1.165) is 45.1 Å². The molecule has 1 nitrogen and oxygen atoms in total. The Hall–Kier alpha value is -8.78. The van der Waals surface area contributed by atoms with Crippen LogP contribution in [0.15, 0.2) is 237 Å². The molecule has 13 aromatic carbocycles. The Morgan fingerprint density at radius 2 is 0.942 bits per heavy atom. The number of anilines is 1. The predicted molar refractivity (Wildman–Crippen MR) is 371 cm³/mol. The first kappa shape index (κ1) is 53.9. The zero-order chi connectivity index (χ0) is 58.5. The van der Waals surface area contributed by atoms with Crippen molar-refractivity contribution in [2.45, 2.75) is 116 Å². The largest absolute Gasteiger partial charge is 0.357 e. The van der Waals surface area contributed by atoms with Crippen molar-refractivity contribution in [2.24, 2.45) is 5.92 Å². The molecule has 1 heteroatoms. The molecule has 0 amide bonds. The summed E-state index contributed by atoms with van der Waals surface area (Å²) in [5.74, 6) is 0.609. The standard InChI is InChI=1S/C85H77N/c1-8-84(6,53-55(3)78(79-48-58-28-12-16-32-66(58)72-38-22-23-40-74(72)79)49-60-46-56-26-10-14-30-64(56)70-36-20-18-34-68(60)70)62-42-44-75-76-45-43-63(52-81(76)83(4,5)80(75)51-62)85(7,9-2)86(82-50-59-29-13-17-33-67(59)73-39-24-25-41-77(73)82)54-61-47-57-27-11-15-31-65(57)71-37-21-19-35-69(61)71/h10-20,22-36,38-48,50-52,55,78H,8-9,21,37,49,53-54H2,1-7H3. The number of aryl methyl sites for hydroxylation is 1. The van der Waals surface area contributed by atoms with E-state index >= 15 is 0 Å². The highest BCUT2D eigenvalue weighted by Gasteiger charge is 2.42. The summed E-state index contributed by atoms with van der Waals surface area (Å²) in [5.41, 5.74) is 16.2. The number of fused-ring (bicyclic) bond motifs is 15. The number of hydrogen-bond acceptors (Lipinski definition) is 1. The topological polar surface area (TPSA) is 3.24 Å². The number of nitrogens with zero attached hydrogens (tertiary/aromatic N) is 1. The minimum Gasteiger partial charge on any atom is -0.357 e. The molecule has 4 atom stereocenters. The molecule has 0 saturated carbocycles. The fourth-order valence-electron chi connectivity index (χ4n) is 16.4. The Morgan fingerprint density at radius 1 is 0.465 bits per heavy atom. The predicted octanol–water partition coefficient (Wildman–Crippen LogP) is 23.1. The van der Waals surface area contributed by atoms with Gasteiger partial charge in [0, 0.05) is 23.0 Å². The monoisotopic (exact) mass is 1110 g/mol. The van der Waals surface area contributed by atoms with Gasteiger partial charge in [-0.25, -0.2) is 0 Å². The summed E-state index contributed by atoms with van der Waals surface area (Å²) in [4.78, 5) is 2.80. The first-order chi connectivity index (χ1) is 41.9. The first-order valence-corrected chi connectivity index (χ1v) is 31.9. The second-order valence-corrected chi connectivity index (χ2v) is 26.6. The second-order valence-electron chi connectivity index (χ2n) is 26.6. The third-order valence-corrected chi connectivity index (χ3v) is 21.5. The smallest absolute Gasteiger partial charge is 0.0627 e. The van der Waals surface area contributed by atoms with E-state index in [1.54, 1.807) is 0 Å². The Labute approximate surface area is 508 Å². The average Bonchev–Trinajstić information content (AvgIpc) is 2.17. The second kappa shape index (κ2) is 21.0.